The van der Waals surface area contributed by atoms with Crippen LogP contribution in [0.1, 0.15) is 46.5 Å². The van der Waals surface area contributed by atoms with Crippen molar-refractivity contribution in [1.29, 1.82) is 0 Å². The van der Waals surface area contributed by atoms with Crippen LogP contribution in [-0.4, -0.2) is 49.6 Å². The zero-order valence-corrected chi connectivity index (χ0v) is 27.6. The molecule has 3 N–H and O–H groups in total. The third-order valence-corrected chi connectivity index (χ3v) is 8.30. The Hall–Kier alpha value is -5.35. The second kappa shape index (κ2) is 16.8. The molecule has 242 valence electrons. The number of ether oxygens (including phenoxy) is 1. The van der Waals surface area contributed by atoms with Gasteiger partial charge in [-0.2, -0.15) is 0 Å². The third-order valence-electron chi connectivity index (χ3n) is 6.95. The van der Waals surface area contributed by atoms with Gasteiger partial charge in [0, 0.05) is 41.6 Å². The van der Waals surface area contributed by atoms with Crippen LogP contribution in [0.2, 0.25) is 0 Å². The first kappa shape index (κ1) is 34.5. The van der Waals surface area contributed by atoms with Crippen molar-refractivity contribution >= 4 is 58.6 Å². The Labute approximate surface area is 279 Å². The molecule has 4 aromatic carbocycles. The van der Waals surface area contributed by atoms with E-state index in [4.69, 9.17) is 4.74 Å². The lowest BCUT2D eigenvalue weighted by Gasteiger charge is -2.16. The SMILES string of the molecule is CCOC(=O)c1ccc(NC(=O)C(CC)Sc2cccc(NC(=O)/C(=C\c3ccc(N(C)C)cc3)NC(=O)c3ccccc3)c2)cc1. The summed E-state index contributed by atoms with van der Waals surface area (Å²) in [5.41, 5.74) is 3.72. The van der Waals surface area contributed by atoms with Gasteiger partial charge in [0.15, 0.2) is 0 Å². The third kappa shape index (κ3) is 10.1. The van der Waals surface area contributed by atoms with Crippen LogP contribution < -0.4 is 20.9 Å². The van der Waals surface area contributed by atoms with E-state index in [9.17, 15) is 19.2 Å². The molecule has 0 aromatic heterocycles. The molecule has 0 fully saturated rings. The molecule has 0 bridgehead atoms. The second-order valence-electron chi connectivity index (χ2n) is 10.6. The molecule has 0 radical (unpaired) electrons. The van der Waals surface area contributed by atoms with Crippen molar-refractivity contribution in [3.63, 3.8) is 0 Å². The van der Waals surface area contributed by atoms with Gasteiger partial charge in [-0.3, -0.25) is 14.4 Å². The summed E-state index contributed by atoms with van der Waals surface area (Å²) >= 11 is 1.37. The van der Waals surface area contributed by atoms with Gasteiger partial charge < -0.3 is 25.6 Å². The highest BCUT2D eigenvalue weighted by molar-refractivity contribution is 8.00. The van der Waals surface area contributed by atoms with Gasteiger partial charge in [0.2, 0.25) is 5.91 Å². The predicted octanol–water partition coefficient (Wildman–Crippen LogP) is 6.85. The number of nitrogens with one attached hydrogen (secondary N) is 3. The summed E-state index contributed by atoms with van der Waals surface area (Å²) < 4.78 is 5.01. The van der Waals surface area contributed by atoms with Crippen LogP contribution in [0.4, 0.5) is 17.1 Å². The highest BCUT2D eigenvalue weighted by atomic mass is 32.2. The van der Waals surface area contributed by atoms with Crippen molar-refractivity contribution in [2.75, 3.05) is 36.2 Å². The number of rotatable bonds is 13. The van der Waals surface area contributed by atoms with Crippen molar-refractivity contribution in [3.05, 3.63) is 126 Å². The van der Waals surface area contributed by atoms with E-state index in [-0.39, 0.29) is 18.2 Å². The van der Waals surface area contributed by atoms with Gasteiger partial charge in [-0.15, -0.1) is 11.8 Å². The second-order valence-corrected chi connectivity index (χ2v) is 11.9. The van der Waals surface area contributed by atoms with E-state index in [0.717, 1.165) is 16.1 Å². The lowest BCUT2D eigenvalue weighted by Crippen LogP contribution is -2.30. The highest BCUT2D eigenvalue weighted by Crippen LogP contribution is 2.29. The molecule has 0 heterocycles. The number of anilines is 3. The lowest BCUT2D eigenvalue weighted by molar-refractivity contribution is -0.116. The van der Waals surface area contributed by atoms with Gasteiger partial charge in [-0.25, -0.2) is 4.79 Å². The quantitative estimate of drug-likeness (QED) is 0.0824. The van der Waals surface area contributed by atoms with Crippen LogP contribution in [0.25, 0.3) is 6.08 Å². The molecule has 1 unspecified atom stereocenters. The lowest BCUT2D eigenvalue weighted by atomic mass is 10.1. The maximum atomic E-state index is 13.6. The van der Waals surface area contributed by atoms with E-state index >= 15 is 0 Å². The number of nitrogens with zero attached hydrogens (tertiary/aromatic N) is 1. The number of carbonyl (C=O) groups excluding carboxylic acids is 4. The molecular weight excluding hydrogens is 612 g/mol. The maximum Gasteiger partial charge on any atom is 0.338 e. The average molecular weight is 651 g/mol. The molecule has 10 heteroatoms. The molecule has 4 rings (SSSR count). The van der Waals surface area contributed by atoms with Crippen molar-refractivity contribution in [2.24, 2.45) is 0 Å². The summed E-state index contributed by atoms with van der Waals surface area (Å²) in [5.74, 6) is -1.51. The zero-order chi connectivity index (χ0) is 33.8. The first-order valence-electron chi connectivity index (χ1n) is 15.2. The Kier molecular flexibility index (Phi) is 12.4. The van der Waals surface area contributed by atoms with Crippen LogP contribution in [0.15, 0.2) is 114 Å². The minimum atomic E-state index is -0.496. The molecule has 0 saturated heterocycles. The number of esters is 1. The molecular formula is C37H38N4O5S. The topological polar surface area (TPSA) is 117 Å². The van der Waals surface area contributed by atoms with Gasteiger partial charge in [0.1, 0.15) is 5.70 Å². The Bertz CT molecular complexity index is 1720. The summed E-state index contributed by atoms with van der Waals surface area (Å²) in [7, 11) is 3.89. The average Bonchev–Trinajstić information content (AvgIpc) is 3.08. The van der Waals surface area contributed by atoms with Crippen LogP contribution in [0, 0.1) is 0 Å². The van der Waals surface area contributed by atoms with Crippen molar-refractivity contribution in [3.8, 4) is 0 Å². The monoisotopic (exact) mass is 650 g/mol. The normalized spacial score (nSPS) is 11.6. The Morgan fingerprint density at radius 1 is 0.787 bits per heavy atom. The van der Waals surface area contributed by atoms with Crippen molar-refractivity contribution < 1.29 is 23.9 Å². The molecule has 9 nitrogen and oxygen atoms in total. The number of hydrogen-bond acceptors (Lipinski definition) is 7. The standard InChI is InChI=1S/C37H38N4O5S/c1-5-33(36(44)38-28-19-17-27(18-20-28)37(45)46-6-2)47-31-14-10-13-29(24-31)39-35(43)32(40-34(42)26-11-8-7-9-12-26)23-25-15-21-30(22-16-25)41(3)4/h7-24,33H,5-6H2,1-4H3,(H,38,44)(H,39,43)(H,40,42)/b32-23+. The number of amides is 3. The smallest absolute Gasteiger partial charge is 0.338 e. The molecule has 1 atom stereocenters. The van der Waals surface area contributed by atoms with E-state index in [2.05, 4.69) is 16.0 Å². The van der Waals surface area contributed by atoms with E-state index in [0.29, 0.717) is 28.9 Å². The van der Waals surface area contributed by atoms with Crippen LogP contribution in [-0.2, 0) is 14.3 Å². The molecule has 0 spiro atoms. The minimum Gasteiger partial charge on any atom is -0.462 e. The summed E-state index contributed by atoms with van der Waals surface area (Å²) in [4.78, 5) is 54.4. The largest absolute Gasteiger partial charge is 0.462 e. The maximum absolute atomic E-state index is 13.6. The van der Waals surface area contributed by atoms with E-state index < -0.39 is 23.0 Å². The van der Waals surface area contributed by atoms with E-state index in [1.165, 1.54) is 11.8 Å². The molecule has 0 aliphatic rings. The summed E-state index contributed by atoms with van der Waals surface area (Å²) in [6.45, 7) is 3.95. The van der Waals surface area contributed by atoms with Crippen LogP contribution in [0.5, 0.6) is 0 Å². The van der Waals surface area contributed by atoms with Crippen molar-refractivity contribution in [2.45, 2.75) is 30.4 Å². The first-order valence-corrected chi connectivity index (χ1v) is 16.1. The first-order chi connectivity index (χ1) is 22.7. The van der Waals surface area contributed by atoms with Crippen LogP contribution >= 0.6 is 11.8 Å². The fraction of sp³-hybridized carbons (Fsp3) is 0.189. The van der Waals surface area contributed by atoms with Gasteiger partial charge in [0.05, 0.1) is 17.4 Å². The summed E-state index contributed by atoms with van der Waals surface area (Å²) in [6.07, 6.45) is 2.18. The molecule has 0 aliphatic heterocycles. The van der Waals surface area contributed by atoms with Crippen LogP contribution in [0.3, 0.4) is 0 Å². The number of hydrogen-bond donors (Lipinski definition) is 3. The van der Waals surface area contributed by atoms with Gasteiger partial charge in [-0.1, -0.05) is 43.3 Å². The molecule has 3 amide bonds. The van der Waals surface area contributed by atoms with Gasteiger partial charge in [0.25, 0.3) is 11.8 Å². The molecule has 47 heavy (non-hydrogen) atoms. The fourth-order valence-corrected chi connectivity index (χ4v) is 5.45. The van der Waals surface area contributed by atoms with Gasteiger partial charge >= 0.3 is 5.97 Å². The Morgan fingerprint density at radius 3 is 2.13 bits per heavy atom. The highest BCUT2D eigenvalue weighted by Gasteiger charge is 2.20. The number of carbonyl (C=O) groups is 4. The molecule has 0 saturated carbocycles. The number of benzene rings is 4. The molecule has 0 aliphatic carbocycles. The Balaban J connectivity index is 1.47. The number of thioether (sulfide) groups is 1. The summed E-state index contributed by atoms with van der Waals surface area (Å²) in [6, 6.07) is 30.0. The predicted molar refractivity (Wildman–Crippen MR) is 189 cm³/mol. The molecule has 4 aromatic rings. The Morgan fingerprint density at radius 2 is 1.49 bits per heavy atom. The summed E-state index contributed by atoms with van der Waals surface area (Å²) in [5, 5.41) is 8.14. The zero-order valence-electron chi connectivity index (χ0n) is 26.8. The fourth-order valence-electron chi connectivity index (χ4n) is 4.44. The minimum absolute atomic E-state index is 0.0781. The van der Waals surface area contributed by atoms with Gasteiger partial charge in [-0.05, 0) is 91.7 Å². The van der Waals surface area contributed by atoms with Crippen molar-refractivity contribution in [1.82, 2.24) is 5.32 Å². The van der Waals surface area contributed by atoms with E-state index in [1.54, 1.807) is 79.7 Å². The van der Waals surface area contributed by atoms with E-state index in [1.807, 2.05) is 62.3 Å².